The fraction of sp³-hybridized carbons (Fsp3) is 0.462. The van der Waals surface area contributed by atoms with E-state index in [2.05, 4.69) is 15.5 Å². The van der Waals surface area contributed by atoms with E-state index >= 15 is 0 Å². The fourth-order valence-electron chi connectivity index (χ4n) is 4.24. The minimum Gasteiger partial charge on any atom is -0.497 e. The predicted octanol–water partition coefficient (Wildman–Crippen LogP) is 4.06. The van der Waals surface area contributed by atoms with E-state index in [-0.39, 0.29) is 23.8 Å². The molecule has 1 saturated heterocycles. The van der Waals surface area contributed by atoms with Crippen molar-refractivity contribution in [1.82, 2.24) is 15.5 Å². The van der Waals surface area contributed by atoms with Crippen LogP contribution in [0.4, 0.5) is 0 Å². The van der Waals surface area contributed by atoms with Gasteiger partial charge in [-0.05, 0) is 55.6 Å². The van der Waals surface area contributed by atoms with Crippen molar-refractivity contribution in [2.75, 3.05) is 33.9 Å². The van der Waals surface area contributed by atoms with Crippen LogP contribution in [0.5, 0.6) is 11.5 Å². The van der Waals surface area contributed by atoms with E-state index < -0.39 is 6.04 Å². The number of hydrogen-bond acceptors (Lipinski definition) is 5. The molecule has 2 amide bonds. The normalized spacial score (nSPS) is 15.6. The molecule has 2 aromatic carbocycles. The molecular formula is C26H34ClN3O4. The van der Waals surface area contributed by atoms with Gasteiger partial charge in [-0.1, -0.05) is 43.6 Å². The van der Waals surface area contributed by atoms with Gasteiger partial charge in [0.05, 0.1) is 20.3 Å². The second-order valence-corrected chi connectivity index (χ2v) is 9.23. The maximum absolute atomic E-state index is 13.2. The SMILES string of the molecule is COc1cc(OC)cc(C(=O)N[C@H](C(=O)NC[C@@H](c2ccccc2Cl)N2CCCC2)C(C)C)c1. The van der Waals surface area contributed by atoms with Crippen LogP contribution in [-0.4, -0.2) is 56.6 Å². The molecule has 0 radical (unpaired) electrons. The van der Waals surface area contributed by atoms with Gasteiger partial charge in [0.25, 0.3) is 5.91 Å². The summed E-state index contributed by atoms with van der Waals surface area (Å²) in [5, 5.41) is 6.63. The highest BCUT2D eigenvalue weighted by Crippen LogP contribution is 2.30. The Hall–Kier alpha value is -2.77. The lowest BCUT2D eigenvalue weighted by Gasteiger charge is -2.30. The largest absolute Gasteiger partial charge is 0.497 e. The number of rotatable bonds is 10. The van der Waals surface area contributed by atoms with E-state index in [1.807, 2.05) is 38.1 Å². The summed E-state index contributed by atoms with van der Waals surface area (Å²) in [4.78, 5) is 28.5. The molecule has 2 N–H and O–H groups in total. The van der Waals surface area contributed by atoms with Crippen molar-refractivity contribution in [2.45, 2.75) is 38.8 Å². The average molecular weight is 488 g/mol. The average Bonchev–Trinajstić information content (AvgIpc) is 3.37. The molecule has 0 spiro atoms. The van der Waals surface area contributed by atoms with Gasteiger partial charge < -0.3 is 20.1 Å². The second kappa shape index (κ2) is 12.1. The first-order valence-corrected chi connectivity index (χ1v) is 12.0. The van der Waals surface area contributed by atoms with E-state index in [4.69, 9.17) is 21.1 Å². The number of benzene rings is 2. The lowest BCUT2D eigenvalue weighted by molar-refractivity contribution is -0.124. The van der Waals surface area contributed by atoms with Crippen LogP contribution in [0.3, 0.4) is 0 Å². The Balaban J connectivity index is 1.73. The highest BCUT2D eigenvalue weighted by atomic mass is 35.5. The molecule has 0 aliphatic carbocycles. The lowest BCUT2D eigenvalue weighted by atomic mass is 10.0. The second-order valence-electron chi connectivity index (χ2n) is 8.82. The van der Waals surface area contributed by atoms with Crippen molar-refractivity contribution >= 4 is 23.4 Å². The minimum absolute atomic E-state index is 0.0219. The Labute approximate surface area is 206 Å². The first kappa shape index (κ1) is 25.8. The van der Waals surface area contributed by atoms with Crippen molar-refractivity contribution in [2.24, 2.45) is 5.92 Å². The molecule has 0 bridgehead atoms. The number of halogens is 1. The number of ether oxygens (including phenoxy) is 2. The number of carbonyl (C=O) groups excluding carboxylic acids is 2. The summed E-state index contributed by atoms with van der Waals surface area (Å²) in [6.07, 6.45) is 2.26. The van der Waals surface area contributed by atoms with E-state index in [0.29, 0.717) is 28.6 Å². The van der Waals surface area contributed by atoms with Crippen molar-refractivity contribution in [3.8, 4) is 11.5 Å². The van der Waals surface area contributed by atoms with Gasteiger partial charge in [0.1, 0.15) is 17.5 Å². The monoisotopic (exact) mass is 487 g/mol. The highest BCUT2D eigenvalue weighted by Gasteiger charge is 2.29. The van der Waals surface area contributed by atoms with Crippen LogP contribution in [0.2, 0.25) is 5.02 Å². The lowest BCUT2D eigenvalue weighted by Crippen LogP contribution is -2.51. The maximum Gasteiger partial charge on any atom is 0.252 e. The molecule has 1 heterocycles. The van der Waals surface area contributed by atoms with Gasteiger partial charge in [0, 0.05) is 23.2 Å². The first-order chi connectivity index (χ1) is 16.3. The number of nitrogens with one attached hydrogen (secondary N) is 2. The van der Waals surface area contributed by atoms with Gasteiger partial charge in [-0.25, -0.2) is 0 Å². The van der Waals surface area contributed by atoms with Gasteiger partial charge in [-0.15, -0.1) is 0 Å². The Morgan fingerprint density at radius 2 is 1.65 bits per heavy atom. The molecule has 0 saturated carbocycles. The van der Waals surface area contributed by atoms with E-state index in [9.17, 15) is 9.59 Å². The molecule has 1 fully saturated rings. The number of amides is 2. The van der Waals surface area contributed by atoms with Crippen LogP contribution in [-0.2, 0) is 4.79 Å². The quantitative estimate of drug-likeness (QED) is 0.528. The number of hydrogen-bond donors (Lipinski definition) is 2. The molecule has 7 nitrogen and oxygen atoms in total. The van der Waals surface area contributed by atoms with Gasteiger partial charge in [0.15, 0.2) is 0 Å². The molecule has 2 aromatic rings. The molecule has 0 aromatic heterocycles. The Bertz CT molecular complexity index is 970. The molecular weight excluding hydrogens is 454 g/mol. The van der Waals surface area contributed by atoms with E-state index in [0.717, 1.165) is 31.5 Å². The van der Waals surface area contributed by atoms with E-state index in [1.165, 1.54) is 14.2 Å². The van der Waals surface area contributed by atoms with Gasteiger partial charge in [-0.2, -0.15) is 0 Å². The molecule has 34 heavy (non-hydrogen) atoms. The standard InChI is InChI=1S/C26H34ClN3O4/c1-17(2)24(29-25(31)18-13-19(33-3)15-20(14-18)34-4)26(32)28-16-23(30-11-7-8-12-30)21-9-5-6-10-22(21)27/h5-6,9-10,13-15,17,23-24H,7-8,11-12,16H2,1-4H3,(H,28,32)(H,29,31)/t23-,24-/m0/s1. The summed E-state index contributed by atoms with van der Waals surface area (Å²) >= 11 is 6.49. The molecule has 8 heteroatoms. The fourth-order valence-corrected chi connectivity index (χ4v) is 4.50. The smallest absolute Gasteiger partial charge is 0.252 e. The molecule has 2 atom stereocenters. The third-order valence-corrected chi connectivity index (χ3v) is 6.51. The predicted molar refractivity (Wildman–Crippen MR) is 134 cm³/mol. The van der Waals surface area contributed by atoms with Crippen molar-refractivity contribution in [3.05, 3.63) is 58.6 Å². The summed E-state index contributed by atoms with van der Waals surface area (Å²) < 4.78 is 10.5. The zero-order valence-electron chi connectivity index (χ0n) is 20.3. The van der Waals surface area contributed by atoms with Crippen molar-refractivity contribution < 1.29 is 19.1 Å². The molecule has 1 aliphatic rings. The number of likely N-dealkylation sites (tertiary alicyclic amines) is 1. The van der Waals surface area contributed by atoms with Gasteiger partial charge >= 0.3 is 0 Å². The van der Waals surface area contributed by atoms with Crippen LogP contribution in [0.25, 0.3) is 0 Å². The van der Waals surface area contributed by atoms with Gasteiger partial charge in [0.2, 0.25) is 5.91 Å². The number of methoxy groups -OCH3 is 2. The van der Waals surface area contributed by atoms with Crippen LogP contribution in [0.15, 0.2) is 42.5 Å². The molecule has 1 aliphatic heterocycles. The molecule has 3 rings (SSSR count). The zero-order chi connectivity index (χ0) is 24.7. The Morgan fingerprint density at radius 3 is 2.21 bits per heavy atom. The third-order valence-electron chi connectivity index (χ3n) is 6.16. The van der Waals surface area contributed by atoms with Crippen LogP contribution < -0.4 is 20.1 Å². The topological polar surface area (TPSA) is 79.9 Å². The van der Waals surface area contributed by atoms with Crippen LogP contribution >= 0.6 is 11.6 Å². The summed E-state index contributed by atoms with van der Waals surface area (Å²) in [7, 11) is 3.05. The number of nitrogens with zero attached hydrogens (tertiary/aromatic N) is 1. The van der Waals surface area contributed by atoms with Gasteiger partial charge in [-0.3, -0.25) is 14.5 Å². The van der Waals surface area contributed by atoms with Crippen LogP contribution in [0.1, 0.15) is 48.7 Å². The molecule has 184 valence electrons. The van der Waals surface area contributed by atoms with E-state index in [1.54, 1.807) is 18.2 Å². The van der Waals surface area contributed by atoms with Crippen molar-refractivity contribution in [3.63, 3.8) is 0 Å². The third kappa shape index (κ3) is 6.42. The zero-order valence-corrected chi connectivity index (χ0v) is 21.0. The van der Waals surface area contributed by atoms with Crippen LogP contribution in [0, 0.1) is 5.92 Å². The summed E-state index contributed by atoms with van der Waals surface area (Å²) in [6.45, 7) is 6.15. The first-order valence-electron chi connectivity index (χ1n) is 11.6. The maximum atomic E-state index is 13.2. The number of carbonyl (C=O) groups is 2. The van der Waals surface area contributed by atoms with Crippen molar-refractivity contribution in [1.29, 1.82) is 0 Å². The Kier molecular flexibility index (Phi) is 9.19. The Morgan fingerprint density at radius 1 is 1.03 bits per heavy atom. The minimum atomic E-state index is -0.699. The summed E-state index contributed by atoms with van der Waals surface area (Å²) in [5.74, 6) is 0.302. The summed E-state index contributed by atoms with van der Waals surface area (Å²) in [5.41, 5.74) is 1.36. The molecule has 0 unspecified atom stereocenters. The summed E-state index contributed by atoms with van der Waals surface area (Å²) in [6, 6.07) is 12.0. The highest BCUT2D eigenvalue weighted by molar-refractivity contribution is 6.31.